The molecule has 1 aliphatic carbocycles. The number of ether oxygens (including phenoxy) is 2. The minimum atomic E-state index is 0.536. The van der Waals surface area contributed by atoms with Crippen LogP contribution in [0.25, 0.3) is 0 Å². The summed E-state index contributed by atoms with van der Waals surface area (Å²) in [5.74, 6) is 1.82. The van der Waals surface area contributed by atoms with Crippen LogP contribution in [0.4, 0.5) is 0 Å². The van der Waals surface area contributed by atoms with Gasteiger partial charge >= 0.3 is 0 Å². The van der Waals surface area contributed by atoms with Gasteiger partial charge in [-0.2, -0.15) is 0 Å². The highest BCUT2D eigenvalue weighted by atomic mass is 16.5. The quantitative estimate of drug-likeness (QED) is 0.790. The van der Waals surface area contributed by atoms with E-state index in [4.69, 9.17) is 9.47 Å². The molecule has 21 heavy (non-hydrogen) atoms. The summed E-state index contributed by atoms with van der Waals surface area (Å²) >= 11 is 0. The molecule has 1 fully saturated rings. The molecule has 2 rings (SSSR count). The van der Waals surface area contributed by atoms with Crippen molar-refractivity contribution in [2.75, 3.05) is 27.8 Å². The summed E-state index contributed by atoms with van der Waals surface area (Å²) in [7, 11) is 5.49. The van der Waals surface area contributed by atoms with Gasteiger partial charge in [-0.3, -0.25) is 0 Å². The lowest BCUT2D eigenvalue weighted by molar-refractivity contribution is 0.246. The molecule has 0 unspecified atom stereocenters. The van der Waals surface area contributed by atoms with Gasteiger partial charge in [0.05, 0.1) is 14.2 Å². The van der Waals surface area contributed by atoms with E-state index >= 15 is 0 Å². The third-order valence-electron chi connectivity index (χ3n) is 4.99. The Morgan fingerprint density at radius 2 is 1.86 bits per heavy atom. The molecule has 1 saturated carbocycles. The van der Waals surface area contributed by atoms with Gasteiger partial charge in [-0.1, -0.05) is 18.9 Å². The van der Waals surface area contributed by atoms with Crippen molar-refractivity contribution in [3.8, 4) is 11.5 Å². The monoisotopic (exact) mass is 291 g/mol. The zero-order valence-corrected chi connectivity index (χ0v) is 13.7. The largest absolute Gasteiger partial charge is 0.497 e. The maximum Gasteiger partial charge on any atom is 0.125 e. The SMILES string of the molecule is CNCCC1(CCc2ccc(OC)cc2OC)CCCC1. The maximum absolute atomic E-state index is 5.52. The number of hydrogen-bond acceptors (Lipinski definition) is 3. The van der Waals surface area contributed by atoms with Gasteiger partial charge in [0, 0.05) is 6.07 Å². The highest BCUT2D eigenvalue weighted by Gasteiger charge is 2.32. The minimum absolute atomic E-state index is 0.536. The van der Waals surface area contributed by atoms with Gasteiger partial charge in [-0.05, 0) is 62.7 Å². The molecule has 0 heterocycles. The van der Waals surface area contributed by atoms with Crippen molar-refractivity contribution in [2.24, 2.45) is 5.41 Å². The van der Waals surface area contributed by atoms with Gasteiger partial charge in [-0.25, -0.2) is 0 Å². The van der Waals surface area contributed by atoms with Crippen molar-refractivity contribution in [1.29, 1.82) is 0 Å². The smallest absolute Gasteiger partial charge is 0.125 e. The second-order valence-electron chi connectivity index (χ2n) is 6.24. The van der Waals surface area contributed by atoms with Crippen molar-refractivity contribution in [3.63, 3.8) is 0 Å². The molecule has 1 N–H and O–H groups in total. The van der Waals surface area contributed by atoms with Gasteiger partial charge in [0.25, 0.3) is 0 Å². The number of nitrogens with one attached hydrogen (secondary N) is 1. The van der Waals surface area contributed by atoms with Crippen molar-refractivity contribution in [1.82, 2.24) is 5.32 Å². The molecular weight excluding hydrogens is 262 g/mol. The van der Waals surface area contributed by atoms with Gasteiger partial charge in [0.15, 0.2) is 0 Å². The highest BCUT2D eigenvalue weighted by Crippen LogP contribution is 2.45. The Kier molecular flexibility index (Phi) is 5.92. The maximum atomic E-state index is 5.52. The third-order valence-corrected chi connectivity index (χ3v) is 4.99. The lowest BCUT2D eigenvalue weighted by Crippen LogP contribution is -2.23. The number of aryl methyl sites for hydroxylation is 1. The average molecular weight is 291 g/mol. The van der Waals surface area contributed by atoms with Crippen molar-refractivity contribution < 1.29 is 9.47 Å². The second kappa shape index (κ2) is 7.69. The van der Waals surface area contributed by atoms with Crippen molar-refractivity contribution >= 4 is 0 Å². The standard InChI is InChI=1S/C18H29NO2/c1-19-13-12-18(9-4-5-10-18)11-8-15-6-7-16(20-2)14-17(15)21-3/h6-7,14,19H,4-5,8-13H2,1-3H3. The van der Waals surface area contributed by atoms with E-state index in [1.54, 1.807) is 14.2 Å². The number of benzene rings is 1. The molecule has 118 valence electrons. The Labute approximate surface area is 129 Å². The Hall–Kier alpha value is -1.22. The topological polar surface area (TPSA) is 30.5 Å². The van der Waals surface area contributed by atoms with E-state index in [9.17, 15) is 0 Å². The van der Waals surface area contributed by atoms with Crippen LogP contribution in [0, 0.1) is 5.41 Å². The number of methoxy groups -OCH3 is 2. The number of hydrogen-bond donors (Lipinski definition) is 1. The normalized spacial score (nSPS) is 16.9. The summed E-state index contributed by atoms with van der Waals surface area (Å²) in [5, 5.41) is 3.31. The first-order valence-electron chi connectivity index (χ1n) is 8.08. The Bertz CT molecular complexity index is 439. The molecule has 1 aromatic rings. The fourth-order valence-electron chi connectivity index (χ4n) is 3.60. The van der Waals surface area contributed by atoms with Crippen LogP contribution in [0.15, 0.2) is 18.2 Å². The summed E-state index contributed by atoms with van der Waals surface area (Å²) in [6.45, 7) is 1.12. The summed E-state index contributed by atoms with van der Waals surface area (Å²) in [4.78, 5) is 0. The van der Waals surface area contributed by atoms with E-state index in [0.29, 0.717) is 5.41 Å². The second-order valence-corrected chi connectivity index (χ2v) is 6.24. The molecule has 0 spiro atoms. The summed E-state index contributed by atoms with van der Waals surface area (Å²) < 4.78 is 10.8. The molecule has 0 aromatic heterocycles. The van der Waals surface area contributed by atoms with E-state index in [-0.39, 0.29) is 0 Å². The Morgan fingerprint density at radius 1 is 1.10 bits per heavy atom. The highest BCUT2D eigenvalue weighted by molar-refractivity contribution is 5.40. The lowest BCUT2D eigenvalue weighted by Gasteiger charge is -2.29. The predicted octanol–water partition coefficient (Wildman–Crippen LogP) is 3.81. The van der Waals surface area contributed by atoms with E-state index in [1.807, 2.05) is 12.1 Å². The van der Waals surface area contributed by atoms with Crippen LogP contribution in [-0.2, 0) is 6.42 Å². The summed E-state index contributed by atoms with van der Waals surface area (Å²) in [6.07, 6.45) is 9.20. The first-order valence-corrected chi connectivity index (χ1v) is 8.08. The molecule has 1 aromatic carbocycles. The van der Waals surface area contributed by atoms with E-state index in [2.05, 4.69) is 18.4 Å². The molecule has 0 amide bonds. The van der Waals surface area contributed by atoms with Gasteiger partial charge in [-0.15, -0.1) is 0 Å². The molecule has 1 aliphatic rings. The van der Waals surface area contributed by atoms with Crippen LogP contribution >= 0.6 is 0 Å². The van der Waals surface area contributed by atoms with Crippen LogP contribution in [0.5, 0.6) is 11.5 Å². The van der Waals surface area contributed by atoms with Gasteiger partial charge < -0.3 is 14.8 Å². The van der Waals surface area contributed by atoms with Crippen molar-refractivity contribution in [3.05, 3.63) is 23.8 Å². The fourth-order valence-corrected chi connectivity index (χ4v) is 3.60. The predicted molar refractivity (Wildman–Crippen MR) is 87.3 cm³/mol. The molecule has 0 radical (unpaired) electrons. The first kappa shape index (κ1) is 16.2. The Morgan fingerprint density at radius 3 is 2.48 bits per heavy atom. The van der Waals surface area contributed by atoms with Crippen LogP contribution < -0.4 is 14.8 Å². The molecular formula is C18H29NO2. The van der Waals surface area contributed by atoms with Gasteiger partial charge in [0.1, 0.15) is 11.5 Å². The fraction of sp³-hybridized carbons (Fsp3) is 0.667. The number of rotatable bonds is 8. The third kappa shape index (κ3) is 4.13. The summed E-state index contributed by atoms with van der Waals surface area (Å²) in [6, 6.07) is 6.18. The van der Waals surface area contributed by atoms with E-state index in [0.717, 1.165) is 24.5 Å². The molecule has 3 nitrogen and oxygen atoms in total. The molecule has 3 heteroatoms. The van der Waals surface area contributed by atoms with Crippen molar-refractivity contribution in [2.45, 2.75) is 44.9 Å². The van der Waals surface area contributed by atoms with Crippen LogP contribution in [-0.4, -0.2) is 27.8 Å². The van der Waals surface area contributed by atoms with Crippen LogP contribution in [0.1, 0.15) is 44.1 Å². The Balaban J connectivity index is 2.03. The molecule has 0 saturated heterocycles. The van der Waals surface area contributed by atoms with E-state index in [1.165, 1.54) is 44.1 Å². The zero-order valence-electron chi connectivity index (χ0n) is 13.7. The molecule has 0 atom stereocenters. The minimum Gasteiger partial charge on any atom is -0.497 e. The first-order chi connectivity index (χ1) is 10.2. The van der Waals surface area contributed by atoms with Crippen LogP contribution in [0.3, 0.4) is 0 Å². The lowest BCUT2D eigenvalue weighted by atomic mass is 9.77. The zero-order chi connectivity index (χ0) is 15.1. The average Bonchev–Trinajstić information content (AvgIpc) is 3.00. The summed E-state index contributed by atoms with van der Waals surface area (Å²) in [5.41, 5.74) is 1.84. The van der Waals surface area contributed by atoms with Crippen LogP contribution in [0.2, 0.25) is 0 Å². The van der Waals surface area contributed by atoms with Gasteiger partial charge in [0.2, 0.25) is 0 Å². The van der Waals surface area contributed by atoms with E-state index < -0.39 is 0 Å². The molecule has 0 bridgehead atoms. The molecule has 0 aliphatic heterocycles.